The first kappa shape index (κ1) is 28.4. The molecule has 2 aromatic carbocycles. The number of halogens is 1. The van der Waals surface area contributed by atoms with Crippen molar-refractivity contribution >= 4 is 40.1 Å². The number of rotatable bonds is 11. The van der Waals surface area contributed by atoms with Gasteiger partial charge >= 0.3 is 6.03 Å². The lowest BCUT2D eigenvalue weighted by Crippen LogP contribution is -2.34. The van der Waals surface area contributed by atoms with E-state index in [1.54, 1.807) is 42.6 Å². The lowest BCUT2D eigenvalue weighted by molar-refractivity contribution is 0.0745. The van der Waals surface area contributed by atoms with Crippen LogP contribution in [0.4, 0.5) is 10.5 Å². The van der Waals surface area contributed by atoms with Crippen molar-refractivity contribution in [2.75, 3.05) is 44.6 Å². The number of pyridine rings is 1. The van der Waals surface area contributed by atoms with Gasteiger partial charge in [-0.15, -0.1) is 0 Å². The van der Waals surface area contributed by atoms with Gasteiger partial charge in [0, 0.05) is 43.4 Å². The number of aliphatic hydroxyl groups is 1. The third-order valence-electron chi connectivity index (χ3n) is 6.24. The zero-order valence-electron chi connectivity index (χ0n) is 22.1. The van der Waals surface area contributed by atoms with Crippen molar-refractivity contribution in [2.45, 2.75) is 32.8 Å². The van der Waals surface area contributed by atoms with Gasteiger partial charge in [0.15, 0.2) is 0 Å². The fraction of sp³-hybridized carbons (Fsp3) is 0.393. The van der Waals surface area contributed by atoms with Crippen LogP contribution in [0.1, 0.15) is 37.0 Å². The molecular weight excluding hydrogens is 522 g/mol. The van der Waals surface area contributed by atoms with Crippen molar-refractivity contribution in [3.8, 4) is 17.2 Å². The summed E-state index contributed by atoms with van der Waals surface area (Å²) in [5.41, 5.74) is 1.32. The minimum Gasteiger partial charge on any atom is -0.490 e. The molecule has 0 spiro atoms. The summed E-state index contributed by atoms with van der Waals surface area (Å²) in [6.45, 7) is 7.13. The molecule has 1 fully saturated rings. The molecule has 208 valence electrons. The predicted molar refractivity (Wildman–Crippen MR) is 151 cm³/mol. The van der Waals surface area contributed by atoms with Crippen LogP contribution >= 0.6 is 11.6 Å². The Morgan fingerprint density at radius 2 is 1.85 bits per heavy atom. The molecule has 1 aliphatic heterocycles. The highest BCUT2D eigenvalue weighted by atomic mass is 35.5. The second-order valence-corrected chi connectivity index (χ2v) is 9.64. The average Bonchev–Trinajstić information content (AvgIpc) is 3.42. The molecule has 0 radical (unpaired) electrons. The third-order valence-corrected chi connectivity index (χ3v) is 6.55. The molecule has 1 unspecified atom stereocenters. The number of β-amino-alcohol motifs (C(OH)–C–C–N with tert-alkyl or cyclic N) is 1. The standard InChI is InChI=1S/C28H34ClN5O5/c1-3-30-27(36)21-14-20-24(15-26(21)38-17-18(35)16-34-11-5-6-12-34)32-10-9-25(20)39-19-7-8-23(22(29)13-19)33-28(37)31-4-2/h7-10,13-15,18,35H,3-6,11-12,16-17H2,1-2H3,(H,30,36)(H2,31,33,37). The number of benzene rings is 2. The zero-order chi connectivity index (χ0) is 27.8. The smallest absolute Gasteiger partial charge is 0.319 e. The van der Waals surface area contributed by atoms with E-state index in [4.69, 9.17) is 21.1 Å². The number of nitrogens with zero attached hydrogens (tertiary/aromatic N) is 2. The molecule has 1 saturated heterocycles. The first-order valence-electron chi connectivity index (χ1n) is 13.1. The molecular formula is C28H34ClN5O5. The van der Waals surface area contributed by atoms with Gasteiger partial charge in [-0.25, -0.2) is 4.79 Å². The monoisotopic (exact) mass is 555 g/mol. The maximum absolute atomic E-state index is 12.9. The summed E-state index contributed by atoms with van der Waals surface area (Å²) in [5, 5.41) is 19.6. The Balaban J connectivity index is 1.57. The molecule has 1 atom stereocenters. The number of amides is 3. The van der Waals surface area contributed by atoms with Crippen LogP contribution in [0.15, 0.2) is 42.6 Å². The number of ether oxygens (including phenoxy) is 2. The van der Waals surface area contributed by atoms with Gasteiger partial charge in [0.2, 0.25) is 0 Å². The molecule has 0 bridgehead atoms. The predicted octanol–water partition coefficient (Wildman–Crippen LogP) is 4.41. The lowest BCUT2D eigenvalue weighted by atomic mass is 10.1. The Morgan fingerprint density at radius 3 is 2.56 bits per heavy atom. The van der Waals surface area contributed by atoms with Gasteiger partial charge in [0.25, 0.3) is 5.91 Å². The number of fused-ring (bicyclic) bond motifs is 1. The van der Waals surface area contributed by atoms with Gasteiger partial charge in [-0.3, -0.25) is 9.78 Å². The van der Waals surface area contributed by atoms with Crippen molar-refractivity contribution in [3.05, 3.63) is 53.2 Å². The Kier molecular flexibility index (Phi) is 9.80. The van der Waals surface area contributed by atoms with E-state index in [1.165, 1.54) is 0 Å². The van der Waals surface area contributed by atoms with E-state index in [2.05, 4.69) is 25.8 Å². The molecule has 4 N–H and O–H groups in total. The first-order valence-corrected chi connectivity index (χ1v) is 13.5. The Morgan fingerprint density at radius 1 is 1.08 bits per heavy atom. The molecule has 4 rings (SSSR count). The molecule has 2 heterocycles. The topological polar surface area (TPSA) is 125 Å². The van der Waals surface area contributed by atoms with Crippen LogP contribution in [0.25, 0.3) is 10.9 Å². The van der Waals surface area contributed by atoms with Gasteiger partial charge in [-0.1, -0.05) is 11.6 Å². The first-order chi connectivity index (χ1) is 18.9. The van der Waals surface area contributed by atoms with Crippen LogP contribution in [-0.4, -0.2) is 72.4 Å². The van der Waals surface area contributed by atoms with E-state index in [0.29, 0.717) is 64.1 Å². The van der Waals surface area contributed by atoms with Crippen LogP contribution < -0.4 is 25.4 Å². The molecule has 39 heavy (non-hydrogen) atoms. The number of carbonyl (C=O) groups excluding carboxylic acids is 2. The highest BCUT2D eigenvalue weighted by molar-refractivity contribution is 6.33. The summed E-state index contributed by atoms with van der Waals surface area (Å²) in [5.74, 6) is 0.940. The van der Waals surface area contributed by atoms with Gasteiger partial charge < -0.3 is 35.4 Å². The number of carbonyl (C=O) groups is 2. The maximum atomic E-state index is 12.9. The van der Waals surface area contributed by atoms with Crippen molar-refractivity contribution in [1.29, 1.82) is 0 Å². The van der Waals surface area contributed by atoms with Gasteiger partial charge in [0.1, 0.15) is 30.0 Å². The third kappa shape index (κ3) is 7.50. The molecule has 10 nitrogen and oxygen atoms in total. The highest BCUT2D eigenvalue weighted by Gasteiger charge is 2.20. The minimum atomic E-state index is -0.682. The van der Waals surface area contributed by atoms with E-state index in [1.807, 2.05) is 13.8 Å². The van der Waals surface area contributed by atoms with Crippen molar-refractivity contribution in [1.82, 2.24) is 20.5 Å². The van der Waals surface area contributed by atoms with E-state index in [0.717, 1.165) is 25.9 Å². The van der Waals surface area contributed by atoms with E-state index < -0.39 is 6.10 Å². The number of aliphatic hydroxyl groups excluding tert-OH is 1. The number of nitrogens with one attached hydrogen (secondary N) is 3. The largest absolute Gasteiger partial charge is 0.490 e. The summed E-state index contributed by atoms with van der Waals surface area (Å²) in [6, 6.07) is 9.63. The van der Waals surface area contributed by atoms with Crippen LogP contribution in [-0.2, 0) is 0 Å². The molecule has 1 aromatic heterocycles. The van der Waals surface area contributed by atoms with Crippen LogP contribution in [0.5, 0.6) is 17.2 Å². The number of hydrogen-bond acceptors (Lipinski definition) is 7. The fourth-order valence-electron chi connectivity index (χ4n) is 4.41. The van der Waals surface area contributed by atoms with Crippen LogP contribution in [0.3, 0.4) is 0 Å². The fourth-order valence-corrected chi connectivity index (χ4v) is 4.62. The number of hydrogen-bond donors (Lipinski definition) is 4. The Bertz CT molecular complexity index is 1310. The summed E-state index contributed by atoms with van der Waals surface area (Å²) in [7, 11) is 0. The summed E-state index contributed by atoms with van der Waals surface area (Å²) in [4.78, 5) is 31.4. The van der Waals surface area contributed by atoms with E-state index in [9.17, 15) is 14.7 Å². The zero-order valence-corrected chi connectivity index (χ0v) is 22.9. The van der Waals surface area contributed by atoms with Crippen LogP contribution in [0.2, 0.25) is 5.02 Å². The molecule has 3 aromatic rings. The molecule has 1 aliphatic rings. The van der Waals surface area contributed by atoms with Gasteiger partial charge in [-0.2, -0.15) is 0 Å². The molecule has 11 heteroatoms. The Hall–Kier alpha value is -3.60. The van der Waals surface area contributed by atoms with Crippen molar-refractivity contribution in [2.24, 2.45) is 0 Å². The number of aromatic nitrogens is 1. The number of anilines is 1. The summed E-state index contributed by atoms with van der Waals surface area (Å²) < 4.78 is 12.1. The molecule has 0 saturated carbocycles. The van der Waals surface area contributed by atoms with E-state index in [-0.39, 0.29) is 18.5 Å². The normalized spacial score (nSPS) is 14.2. The quantitative estimate of drug-likeness (QED) is 0.276. The van der Waals surface area contributed by atoms with E-state index >= 15 is 0 Å². The van der Waals surface area contributed by atoms with Crippen LogP contribution in [0, 0.1) is 0 Å². The van der Waals surface area contributed by atoms with Gasteiger partial charge in [-0.05, 0) is 64.0 Å². The summed E-state index contributed by atoms with van der Waals surface area (Å²) in [6.07, 6.45) is 3.19. The minimum absolute atomic E-state index is 0.0553. The summed E-state index contributed by atoms with van der Waals surface area (Å²) >= 11 is 6.37. The molecule has 3 amide bonds. The molecule has 0 aliphatic carbocycles. The SMILES string of the molecule is CCNC(=O)Nc1ccc(Oc2ccnc3cc(OCC(O)CN4CCCC4)c(C(=O)NCC)cc23)cc1Cl. The second kappa shape index (κ2) is 13.5. The van der Waals surface area contributed by atoms with Crippen molar-refractivity contribution < 1.29 is 24.2 Å². The number of urea groups is 1. The second-order valence-electron chi connectivity index (χ2n) is 9.23. The average molecular weight is 556 g/mol. The maximum Gasteiger partial charge on any atom is 0.319 e. The van der Waals surface area contributed by atoms with Crippen molar-refractivity contribution in [3.63, 3.8) is 0 Å². The Labute approximate surface area is 232 Å². The lowest BCUT2D eigenvalue weighted by Gasteiger charge is -2.20. The highest BCUT2D eigenvalue weighted by Crippen LogP contribution is 2.35. The number of likely N-dealkylation sites (tertiary alicyclic amines) is 1. The van der Waals surface area contributed by atoms with Gasteiger partial charge in [0.05, 0.1) is 21.8 Å².